The lowest BCUT2D eigenvalue weighted by Crippen LogP contribution is -2.53. The van der Waals surface area contributed by atoms with E-state index in [1.165, 1.54) is 51.6 Å². The number of likely N-dealkylation sites (tertiary alicyclic amines) is 1. The average Bonchev–Trinajstić information content (AvgIpc) is 3.22. The van der Waals surface area contributed by atoms with Crippen molar-refractivity contribution in [1.29, 1.82) is 0 Å². The maximum Gasteiger partial charge on any atom is 0.0556 e. The van der Waals surface area contributed by atoms with Crippen LogP contribution in [-0.2, 0) is 0 Å². The largest absolute Gasteiger partial charge is 0.395 e. The zero-order chi connectivity index (χ0) is 13.7. The van der Waals surface area contributed by atoms with E-state index in [0.717, 1.165) is 24.4 Å². The average molecular weight is 268 g/mol. The van der Waals surface area contributed by atoms with Gasteiger partial charge in [0.2, 0.25) is 0 Å². The fourth-order valence-corrected chi connectivity index (χ4v) is 3.92. The van der Waals surface area contributed by atoms with Crippen molar-refractivity contribution in [1.82, 2.24) is 10.2 Å². The van der Waals surface area contributed by atoms with E-state index in [1.807, 2.05) is 0 Å². The molecule has 19 heavy (non-hydrogen) atoms. The first-order chi connectivity index (χ1) is 9.28. The summed E-state index contributed by atoms with van der Waals surface area (Å²) in [4.78, 5) is 2.76. The third-order valence-electron chi connectivity index (χ3n) is 4.86. The Morgan fingerprint density at radius 2 is 2.05 bits per heavy atom. The molecule has 0 bridgehead atoms. The number of hydrogen-bond acceptors (Lipinski definition) is 3. The SMILES string of the molecule is CCCC1CC(NCCO)CN(C(CC)C2CC2)C1. The van der Waals surface area contributed by atoms with E-state index in [2.05, 4.69) is 24.1 Å². The third kappa shape index (κ3) is 4.44. The van der Waals surface area contributed by atoms with Gasteiger partial charge in [-0.2, -0.15) is 0 Å². The van der Waals surface area contributed by atoms with Crippen LogP contribution in [0.25, 0.3) is 0 Å². The molecule has 112 valence electrons. The van der Waals surface area contributed by atoms with Crippen LogP contribution in [0.1, 0.15) is 52.4 Å². The summed E-state index contributed by atoms with van der Waals surface area (Å²) >= 11 is 0. The lowest BCUT2D eigenvalue weighted by Gasteiger charge is -2.42. The number of nitrogens with one attached hydrogen (secondary N) is 1. The van der Waals surface area contributed by atoms with Crippen molar-refractivity contribution in [3.05, 3.63) is 0 Å². The van der Waals surface area contributed by atoms with Crippen LogP contribution in [0, 0.1) is 11.8 Å². The van der Waals surface area contributed by atoms with Gasteiger partial charge in [0.15, 0.2) is 0 Å². The lowest BCUT2D eigenvalue weighted by molar-refractivity contribution is 0.0789. The van der Waals surface area contributed by atoms with Crippen molar-refractivity contribution >= 4 is 0 Å². The second-order valence-electron chi connectivity index (χ2n) is 6.53. The Labute approximate surface area is 118 Å². The molecule has 1 aliphatic carbocycles. The summed E-state index contributed by atoms with van der Waals surface area (Å²) in [5, 5.41) is 12.5. The van der Waals surface area contributed by atoms with Gasteiger partial charge in [0.25, 0.3) is 0 Å². The van der Waals surface area contributed by atoms with E-state index < -0.39 is 0 Å². The highest BCUT2D eigenvalue weighted by molar-refractivity contribution is 4.92. The molecule has 2 aliphatic rings. The van der Waals surface area contributed by atoms with Crippen molar-refractivity contribution in [3.63, 3.8) is 0 Å². The van der Waals surface area contributed by atoms with E-state index in [-0.39, 0.29) is 6.61 Å². The van der Waals surface area contributed by atoms with Crippen LogP contribution < -0.4 is 5.32 Å². The summed E-state index contributed by atoms with van der Waals surface area (Å²) in [6.45, 7) is 8.15. The Bertz CT molecular complexity index is 255. The van der Waals surface area contributed by atoms with Crippen LogP contribution in [0.3, 0.4) is 0 Å². The van der Waals surface area contributed by atoms with Gasteiger partial charge in [0.1, 0.15) is 0 Å². The van der Waals surface area contributed by atoms with E-state index >= 15 is 0 Å². The predicted octanol–water partition coefficient (Wildman–Crippen LogP) is 2.25. The monoisotopic (exact) mass is 268 g/mol. The second-order valence-corrected chi connectivity index (χ2v) is 6.53. The molecular weight excluding hydrogens is 236 g/mol. The second kappa shape index (κ2) is 7.61. The summed E-state index contributed by atoms with van der Waals surface area (Å²) in [6, 6.07) is 1.41. The van der Waals surface area contributed by atoms with Gasteiger partial charge in [-0.15, -0.1) is 0 Å². The maximum atomic E-state index is 9.01. The Morgan fingerprint density at radius 1 is 1.26 bits per heavy atom. The van der Waals surface area contributed by atoms with Crippen LogP contribution in [0.15, 0.2) is 0 Å². The molecule has 1 saturated heterocycles. The van der Waals surface area contributed by atoms with Gasteiger partial charge in [0.05, 0.1) is 6.61 Å². The lowest BCUT2D eigenvalue weighted by atomic mass is 9.88. The summed E-state index contributed by atoms with van der Waals surface area (Å²) < 4.78 is 0. The Balaban J connectivity index is 1.92. The molecule has 2 rings (SSSR count). The molecule has 0 amide bonds. The normalized spacial score (nSPS) is 30.5. The Morgan fingerprint density at radius 3 is 2.63 bits per heavy atom. The number of hydrogen-bond donors (Lipinski definition) is 2. The minimum atomic E-state index is 0.259. The van der Waals surface area contributed by atoms with Crippen molar-refractivity contribution in [2.24, 2.45) is 11.8 Å². The zero-order valence-corrected chi connectivity index (χ0v) is 12.8. The summed E-state index contributed by atoms with van der Waals surface area (Å²) in [7, 11) is 0. The highest BCUT2D eigenvalue weighted by atomic mass is 16.3. The molecule has 3 heteroatoms. The molecular formula is C16H32N2O. The Kier molecular flexibility index (Phi) is 6.11. The van der Waals surface area contributed by atoms with E-state index in [9.17, 15) is 0 Å². The highest BCUT2D eigenvalue weighted by Crippen LogP contribution is 2.38. The van der Waals surface area contributed by atoms with Gasteiger partial charge < -0.3 is 10.4 Å². The van der Waals surface area contributed by atoms with Gasteiger partial charge in [-0.25, -0.2) is 0 Å². The summed E-state index contributed by atoms with van der Waals surface area (Å²) in [6.07, 6.45) is 8.15. The number of nitrogens with zero attached hydrogens (tertiary/aromatic N) is 1. The van der Waals surface area contributed by atoms with Gasteiger partial charge in [0, 0.05) is 31.7 Å². The van der Waals surface area contributed by atoms with Crippen molar-refractivity contribution in [2.45, 2.75) is 64.5 Å². The van der Waals surface area contributed by atoms with E-state index in [0.29, 0.717) is 6.04 Å². The van der Waals surface area contributed by atoms with E-state index in [1.54, 1.807) is 0 Å². The minimum Gasteiger partial charge on any atom is -0.395 e. The molecule has 0 aromatic carbocycles. The fraction of sp³-hybridized carbons (Fsp3) is 1.00. The van der Waals surface area contributed by atoms with Gasteiger partial charge in [-0.1, -0.05) is 20.3 Å². The summed E-state index contributed by atoms with van der Waals surface area (Å²) in [5.74, 6) is 1.83. The number of aliphatic hydroxyl groups is 1. The van der Waals surface area contributed by atoms with E-state index in [4.69, 9.17) is 5.11 Å². The molecule has 3 nitrogen and oxygen atoms in total. The third-order valence-corrected chi connectivity index (χ3v) is 4.86. The van der Waals surface area contributed by atoms with Crippen LogP contribution in [0.4, 0.5) is 0 Å². The van der Waals surface area contributed by atoms with Gasteiger partial charge in [-0.05, 0) is 43.9 Å². The first kappa shape index (κ1) is 15.3. The molecule has 0 aromatic rings. The van der Waals surface area contributed by atoms with Crippen LogP contribution in [0.5, 0.6) is 0 Å². The first-order valence-electron chi connectivity index (χ1n) is 8.36. The van der Waals surface area contributed by atoms with Crippen molar-refractivity contribution < 1.29 is 5.11 Å². The number of piperidine rings is 1. The predicted molar refractivity (Wildman–Crippen MR) is 80.3 cm³/mol. The molecule has 0 spiro atoms. The molecule has 1 aliphatic heterocycles. The number of aliphatic hydroxyl groups excluding tert-OH is 1. The molecule has 3 unspecified atom stereocenters. The molecule has 0 radical (unpaired) electrons. The topological polar surface area (TPSA) is 35.5 Å². The molecule has 2 N–H and O–H groups in total. The Hall–Kier alpha value is -0.120. The molecule has 0 aromatic heterocycles. The van der Waals surface area contributed by atoms with Crippen molar-refractivity contribution in [2.75, 3.05) is 26.2 Å². The van der Waals surface area contributed by atoms with Crippen LogP contribution in [0.2, 0.25) is 0 Å². The first-order valence-corrected chi connectivity index (χ1v) is 8.36. The number of rotatable bonds is 8. The fourth-order valence-electron chi connectivity index (χ4n) is 3.92. The quantitative estimate of drug-likeness (QED) is 0.709. The van der Waals surface area contributed by atoms with Crippen LogP contribution >= 0.6 is 0 Å². The maximum absolute atomic E-state index is 9.01. The van der Waals surface area contributed by atoms with Gasteiger partial charge in [-0.3, -0.25) is 4.90 Å². The highest BCUT2D eigenvalue weighted by Gasteiger charge is 2.37. The zero-order valence-electron chi connectivity index (χ0n) is 12.8. The smallest absolute Gasteiger partial charge is 0.0556 e. The summed E-state index contributed by atoms with van der Waals surface area (Å²) in [5.41, 5.74) is 0. The minimum absolute atomic E-state index is 0.259. The van der Waals surface area contributed by atoms with Gasteiger partial charge >= 0.3 is 0 Å². The van der Waals surface area contributed by atoms with Crippen LogP contribution in [-0.4, -0.2) is 48.3 Å². The standard InChI is InChI=1S/C16H32N2O/c1-3-5-13-10-15(17-8-9-19)12-18(11-13)16(4-2)14-6-7-14/h13-17,19H,3-12H2,1-2H3. The molecule has 2 fully saturated rings. The molecule has 3 atom stereocenters. The van der Waals surface area contributed by atoms with Crippen molar-refractivity contribution in [3.8, 4) is 0 Å². The molecule has 1 saturated carbocycles. The molecule has 1 heterocycles.